The van der Waals surface area contributed by atoms with Gasteiger partial charge in [0.05, 0.1) is 11.0 Å². The van der Waals surface area contributed by atoms with Crippen molar-refractivity contribution >= 4 is 34.9 Å². The number of aromatic amines is 1. The molecule has 1 aromatic carbocycles. The summed E-state index contributed by atoms with van der Waals surface area (Å²) < 4.78 is 3.03. The van der Waals surface area contributed by atoms with Crippen LogP contribution in [0.25, 0.3) is 11.0 Å². The van der Waals surface area contributed by atoms with Crippen molar-refractivity contribution in [3.8, 4) is 0 Å². The van der Waals surface area contributed by atoms with Crippen LogP contribution in [0.2, 0.25) is 5.02 Å². The second-order valence-corrected chi connectivity index (χ2v) is 5.84. The summed E-state index contributed by atoms with van der Waals surface area (Å²) in [6.07, 6.45) is 2.40. The van der Waals surface area contributed by atoms with Gasteiger partial charge in [0.25, 0.3) is 0 Å². The van der Waals surface area contributed by atoms with Crippen molar-refractivity contribution in [1.29, 1.82) is 0 Å². The number of nitrogens with one attached hydrogen (secondary N) is 1. The van der Waals surface area contributed by atoms with Gasteiger partial charge in [-0.3, -0.25) is 0 Å². The molecule has 1 aliphatic heterocycles. The molecule has 2 aromatic rings. The number of hydrogen-bond donors (Lipinski definition) is 1. The monoisotopic (exact) mass is 281 g/mol. The van der Waals surface area contributed by atoms with Gasteiger partial charge in [-0.2, -0.15) is 0 Å². The van der Waals surface area contributed by atoms with Gasteiger partial charge in [-0.15, -0.1) is 0 Å². The fourth-order valence-electron chi connectivity index (χ4n) is 2.81. The lowest BCUT2D eigenvalue weighted by Crippen LogP contribution is -2.33. The number of likely N-dealkylation sites (N-methyl/N-ethyl adjacent to an activating group) is 1. The number of H-pyrrole nitrogens is 1. The van der Waals surface area contributed by atoms with Crippen molar-refractivity contribution in [2.75, 3.05) is 20.1 Å². The Kier molecular flexibility index (Phi) is 3.18. The van der Waals surface area contributed by atoms with Crippen LogP contribution in [-0.4, -0.2) is 34.6 Å². The molecule has 1 unspecified atom stereocenters. The molecule has 0 radical (unpaired) electrons. The Balaban J connectivity index is 2.12. The Morgan fingerprint density at radius 1 is 1.44 bits per heavy atom. The van der Waals surface area contributed by atoms with Crippen molar-refractivity contribution in [2.24, 2.45) is 0 Å². The number of aromatic nitrogens is 2. The van der Waals surface area contributed by atoms with Gasteiger partial charge in [0, 0.05) is 17.6 Å². The standard InChI is InChI=1S/C13H16ClN3S/c1-16-6-2-3-10(8-16)17-12-7-9(14)4-5-11(12)15-13(17)18/h4-5,7,10H,2-3,6,8H2,1H3,(H,15,18). The summed E-state index contributed by atoms with van der Waals surface area (Å²) in [6, 6.07) is 6.34. The lowest BCUT2D eigenvalue weighted by Gasteiger charge is -2.30. The van der Waals surface area contributed by atoms with E-state index < -0.39 is 0 Å². The van der Waals surface area contributed by atoms with Crippen molar-refractivity contribution in [3.05, 3.63) is 28.0 Å². The lowest BCUT2D eigenvalue weighted by molar-refractivity contribution is 0.214. The van der Waals surface area contributed by atoms with Crippen LogP contribution in [0.5, 0.6) is 0 Å². The third kappa shape index (κ3) is 2.09. The average molecular weight is 282 g/mol. The van der Waals surface area contributed by atoms with Gasteiger partial charge in [0.2, 0.25) is 0 Å². The molecular formula is C13H16ClN3S. The van der Waals surface area contributed by atoms with Gasteiger partial charge in [-0.1, -0.05) is 11.6 Å². The second kappa shape index (κ2) is 4.68. The van der Waals surface area contributed by atoms with Crippen LogP contribution >= 0.6 is 23.8 Å². The quantitative estimate of drug-likeness (QED) is 0.807. The zero-order chi connectivity index (χ0) is 12.7. The van der Waals surface area contributed by atoms with E-state index in [1.165, 1.54) is 19.4 Å². The Labute approximate surface area is 116 Å². The van der Waals surface area contributed by atoms with Crippen LogP contribution in [0.1, 0.15) is 18.9 Å². The van der Waals surface area contributed by atoms with E-state index in [1.807, 2.05) is 18.2 Å². The molecule has 0 amide bonds. The first-order valence-electron chi connectivity index (χ1n) is 6.23. The molecule has 0 aliphatic carbocycles. The highest BCUT2D eigenvalue weighted by molar-refractivity contribution is 7.71. The van der Waals surface area contributed by atoms with Crippen molar-refractivity contribution < 1.29 is 0 Å². The third-order valence-electron chi connectivity index (χ3n) is 3.64. The first kappa shape index (κ1) is 12.2. The number of fused-ring (bicyclic) bond motifs is 1. The van der Waals surface area contributed by atoms with Crippen LogP contribution in [0, 0.1) is 4.77 Å². The summed E-state index contributed by atoms with van der Waals surface area (Å²) in [4.78, 5) is 5.63. The molecular weight excluding hydrogens is 266 g/mol. The second-order valence-electron chi connectivity index (χ2n) is 5.02. The van der Waals surface area contributed by atoms with E-state index in [1.54, 1.807) is 0 Å². The molecule has 1 saturated heterocycles. The highest BCUT2D eigenvalue weighted by atomic mass is 35.5. The minimum absolute atomic E-state index is 0.448. The van der Waals surface area contributed by atoms with Gasteiger partial charge >= 0.3 is 0 Å². The summed E-state index contributed by atoms with van der Waals surface area (Å²) in [5, 5.41) is 0.759. The van der Waals surface area contributed by atoms with Crippen LogP contribution in [0.4, 0.5) is 0 Å². The maximum Gasteiger partial charge on any atom is 0.178 e. The number of halogens is 1. The first-order chi connectivity index (χ1) is 8.65. The van der Waals surface area contributed by atoms with Gasteiger partial charge in [0.1, 0.15) is 0 Å². The van der Waals surface area contributed by atoms with Crippen molar-refractivity contribution in [3.63, 3.8) is 0 Å². The molecule has 3 nitrogen and oxygen atoms in total. The summed E-state index contributed by atoms with van der Waals surface area (Å²) in [5.41, 5.74) is 2.19. The molecule has 1 fully saturated rings. The molecule has 1 N–H and O–H groups in total. The molecule has 1 aliphatic rings. The first-order valence-corrected chi connectivity index (χ1v) is 7.02. The van der Waals surface area contributed by atoms with E-state index in [0.717, 1.165) is 27.4 Å². The Hall–Kier alpha value is -0.840. The van der Waals surface area contributed by atoms with Crippen LogP contribution in [0.15, 0.2) is 18.2 Å². The molecule has 5 heteroatoms. The van der Waals surface area contributed by atoms with Crippen molar-refractivity contribution in [1.82, 2.24) is 14.5 Å². The van der Waals surface area contributed by atoms with Crippen LogP contribution in [0.3, 0.4) is 0 Å². The molecule has 1 aromatic heterocycles. The number of hydrogen-bond acceptors (Lipinski definition) is 2. The minimum Gasteiger partial charge on any atom is -0.331 e. The van der Waals surface area contributed by atoms with E-state index in [4.69, 9.17) is 23.8 Å². The summed E-state index contributed by atoms with van der Waals surface area (Å²) in [7, 11) is 2.16. The third-order valence-corrected chi connectivity index (χ3v) is 4.18. The summed E-state index contributed by atoms with van der Waals surface area (Å²) >= 11 is 11.6. The van der Waals surface area contributed by atoms with Crippen LogP contribution < -0.4 is 0 Å². The number of benzene rings is 1. The summed E-state index contributed by atoms with van der Waals surface area (Å²) in [5.74, 6) is 0. The van der Waals surface area contributed by atoms with E-state index in [0.29, 0.717) is 6.04 Å². The number of rotatable bonds is 1. The number of nitrogens with zero attached hydrogens (tertiary/aromatic N) is 2. The Morgan fingerprint density at radius 3 is 3.06 bits per heavy atom. The number of likely N-dealkylation sites (tertiary alicyclic amines) is 1. The van der Waals surface area contributed by atoms with Gasteiger partial charge < -0.3 is 14.5 Å². The normalized spacial score (nSPS) is 21.6. The van der Waals surface area contributed by atoms with Gasteiger partial charge in [0.15, 0.2) is 4.77 Å². The molecule has 0 bridgehead atoms. The maximum atomic E-state index is 6.10. The zero-order valence-electron chi connectivity index (χ0n) is 10.3. The van der Waals surface area contributed by atoms with E-state index in [9.17, 15) is 0 Å². The smallest absolute Gasteiger partial charge is 0.178 e. The largest absolute Gasteiger partial charge is 0.331 e. The number of imidazole rings is 1. The molecule has 96 valence electrons. The van der Waals surface area contributed by atoms with Crippen molar-refractivity contribution in [2.45, 2.75) is 18.9 Å². The average Bonchev–Trinajstić information content (AvgIpc) is 2.64. The molecule has 18 heavy (non-hydrogen) atoms. The molecule has 3 rings (SSSR count). The molecule has 0 saturated carbocycles. The number of piperidine rings is 1. The van der Waals surface area contributed by atoms with Gasteiger partial charge in [-0.05, 0) is 56.9 Å². The fraction of sp³-hybridized carbons (Fsp3) is 0.462. The van der Waals surface area contributed by atoms with E-state index >= 15 is 0 Å². The van der Waals surface area contributed by atoms with Crippen LogP contribution in [-0.2, 0) is 0 Å². The highest BCUT2D eigenvalue weighted by Crippen LogP contribution is 2.27. The lowest BCUT2D eigenvalue weighted by atomic mass is 10.1. The highest BCUT2D eigenvalue weighted by Gasteiger charge is 2.21. The molecule has 2 heterocycles. The Morgan fingerprint density at radius 2 is 2.28 bits per heavy atom. The van der Waals surface area contributed by atoms with E-state index in [-0.39, 0.29) is 0 Å². The predicted octanol–water partition coefficient (Wildman–Crippen LogP) is 3.62. The zero-order valence-corrected chi connectivity index (χ0v) is 11.9. The molecule has 1 atom stereocenters. The SMILES string of the molecule is CN1CCCC(n2c(=S)[nH]c3ccc(Cl)cc32)C1. The summed E-state index contributed by atoms with van der Waals surface area (Å²) in [6.45, 7) is 2.22. The topological polar surface area (TPSA) is 24.0 Å². The van der Waals surface area contributed by atoms with E-state index in [2.05, 4.69) is 21.5 Å². The fourth-order valence-corrected chi connectivity index (χ4v) is 3.33. The minimum atomic E-state index is 0.448. The Bertz CT molecular complexity index is 631. The molecule has 0 spiro atoms. The predicted molar refractivity (Wildman–Crippen MR) is 77.9 cm³/mol. The maximum absolute atomic E-state index is 6.10. The van der Waals surface area contributed by atoms with Gasteiger partial charge in [-0.25, -0.2) is 0 Å².